The van der Waals surface area contributed by atoms with Crippen LogP contribution in [0.4, 0.5) is 18.0 Å². The fraction of sp³-hybridized carbons (Fsp3) is 0.769. The van der Waals surface area contributed by atoms with Gasteiger partial charge in [-0.2, -0.15) is 13.2 Å². The largest absolute Gasteiger partial charge is 0.471 e. The monoisotopic (exact) mass is 334 g/mol. The molecular weight excluding hydrogens is 317 g/mol. The van der Waals surface area contributed by atoms with E-state index in [1.807, 2.05) is 0 Å². The Morgan fingerprint density at radius 3 is 2.74 bits per heavy atom. The van der Waals surface area contributed by atoms with Gasteiger partial charge in [0, 0.05) is 13.1 Å². The molecule has 2 N–H and O–H groups in total. The summed E-state index contributed by atoms with van der Waals surface area (Å²) in [5.74, 6) is -1.96. The zero-order chi connectivity index (χ0) is 16.8. The normalized spacial score (nSPS) is 33.0. The number of nitrogens with one attached hydrogen (secondary N) is 1. The van der Waals surface area contributed by atoms with Gasteiger partial charge in [0.25, 0.3) is 0 Å². The predicted molar refractivity (Wildman–Crippen MR) is 73.1 cm³/mol. The van der Waals surface area contributed by atoms with Crippen molar-refractivity contribution in [2.24, 2.45) is 10.9 Å². The van der Waals surface area contributed by atoms with Gasteiger partial charge >= 0.3 is 18.2 Å². The molecule has 3 atom stereocenters. The maximum Gasteiger partial charge on any atom is 0.471 e. The average molecular weight is 334 g/mol. The van der Waals surface area contributed by atoms with Crippen LogP contribution in [-0.4, -0.2) is 77.2 Å². The highest BCUT2D eigenvalue weighted by molar-refractivity contribution is 5.82. The number of carbonyl (C=O) groups excluding carboxylic acids is 1. The quantitative estimate of drug-likeness (QED) is 0.771. The molecule has 3 heterocycles. The van der Waals surface area contributed by atoms with Crippen LogP contribution in [0.5, 0.6) is 0 Å². The minimum Gasteiger partial charge on any atom is -0.465 e. The second kappa shape index (κ2) is 5.27. The molecule has 23 heavy (non-hydrogen) atoms. The second-order valence-electron chi connectivity index (χ2n) is 6.34. The Bertz CT molecular complexity index is 543. The molecule has 128 valence electrons. The van der Waals surface area contributed by atoms with Crippen molar-refractivity contribution in [3.63, 3.8) is 0 Å². The van der Waals surface area contributed by atoms with Crippen molar-refractivity contribution in [2.45, 2.75) is 30.6 Å². The molecule has 2 saturated heterocycles. The maximum atomic E-state index is 12.5. The number of rotatable bonds is 2. The fourth-order valence-electron chi connectivity index (χ4n) is 3.69. The molecule has 0 aromatic carbocycles. The molecule has 1 spiro atoms. The van der Waals surface area contributed by atoms with Crippen LogP contribution >= 0.6 is 0 Å². The summed E-state index contributed by atoms with van der Waals surface area (Å²) in [5.41, 5.74) is -0.445. The first-order chi connectivity index (χ1) is 10.7. The summed E-state index contributed by atoms with van der Waals surface area (Å²) in [6.45, 7) is 0.837. The van der Waals surface area contributed by atoms with Crippen LogP contribution in [0.3, 0.4) is 0 Å². The third-order valence-corrected chi connectivity index (χ3v) is 4.90. The topological polar surface area (TPSA) is 85.2 Å². The summed E-state index contributed by atoms with van der Waals surface area (Å²) < 4.78 is 37.4. The Labute approximate surface area is 130 Å². The number of halogens is 3. The molecule has 0 aliphatic carbocycles. The van der Waals surface area contributed by atoms with Crippen molar-refractivity contribution in [3.8, 4) is 0 Å². The summed E-state index contributed by atoms with van der Waals surface area (Å²) in [4.78, 5) is 28.7. The van der Waals surface area contributed by atoms with Crippen molar-refractivity contribution in [3.05, 3.63) is 0 Å². The lowest BCUT2D eigenvalue weighted by Crippen LogP contribution is -2.76. The van der Waals surface area contributed by atoms with Crippen molar-refractivity contribution >= 4 is 18.3 Å². The molecule has 3 rings (SSSR count). The molecule has 0 aromatic heterocycles. The van der Waals surface area contributed by atoms with E-state index in [0.717, 1.165) is 4.90 Å². The molecule has 0 radical (unpaired) electrons. The molecule has 3 aliphatic rings. The Hall–Kier alpha value is -2.00. The van der Waals surface area contributed by atoms with Crippen LogP contribution in [-0.2, 0) is 4.79 Å². The van der Waals surface area contributed by atoms with Gasteiger partial charge in [-0.3, -0.25) is 9.79 Å². The standard InChI is InChI=1S/C13H17F3N4O3/c14-13(15,16)10(21)19-2-1-8(4-19)3-9-12(5-17-7-18-12)6-20(9)11(22)23/h7-9H,1-6H2,(H,17,18)(H,22,23)/t8-,9?,12?/m1/s1. The molecule has 7 nitrogen and oxygen atoms in total. The second-order valence-corrected chi connectivity index (χ2v) is 6.34. The molecule has 3 aliphatic heterocycles. The number of carboxylic acid groups (broad SMARTS) is 1. The third kappa shape index (κ3) is 2.70. The lowest BCUT2D eigenvalue weighted by Gasteiger charge is -2.54. The summed E-state index contributed by atoms with van der Waals surface area (Å²) in [5, 5.41) is 12.3. The molecule has 0 bridgehead atoms. The Kier molecular flexibility index (Phi) is 3.64. The number of amides is 2. The SMILES string of the molecule is O=C(O)N1CC2(CN=CN2)C1C[C@H]1CCN(C(=O)C(F)(F)F)C1. The van der Waals surface area contributed by atoms with E-state index in [1.165, 1.54) is 4.90 Å². The van der Waals surface area contributed by atoms with Gasteiger partial charge in [-0.15, -0.1) is 0 Å². The predicted octanol–water partition coefficient (Wildman–Crippen LogP) is 0.520. The Balaban J connectivity index is 1.62. The highest BCUT2D eigenvalue weighted by Crippen LogP contribution is 2.38. The van der Waals surface area contributed by atoms with Crippen LogP contribution in [0.2, 0.25) is 0 Å². The van der Waals surface area contributed by atoms with Gasteiger partial charge in [-0.05, 0) is 18.8 Å². The highest BCUT2D eigenvalue weighted by atomic mass is 19.4. The number of likely N-dealkylation sites (tertiary alicyclic amines) is 2. The number of aliphatic imine (C=N–C) groups is 1. The van der Waals surface area contributed by atoms with Crippen LogP contribution in [0.15, 0.2) is 4.99 Å². The maximum absolute atomic E-state index is 12.5. The first-order valence-electron chi connectivity index (χ1n) is 7.34. The van der Waals surface area contributed by atoms with Gasteiger partial charge in [0.15, 0.2) is 0 Å². The lowest BCUT2D eigenvalue weighted by molar-refractivity contribution is -0.184. The number of hydrogen-bond donors (Lipinski definition) is 2. The smallest absolute Gasteiger partial charge is 0.465 e. The summed E-state index contributed by atoms with van der Waals surface area (Å²) in [6, 6.07) is -0.339. The van der Waals surface area contributed by atoms with Crippen molar-refractivity contribution in [2.75, 3.05) is 26.2 Å². The van der Waals surface area contributed by atoms with E-state index in [1.54, 1.807) is 6.34 Å². The van der Waals surface area contributed by atoms with Crippen LogP contribution in [0.1, 0.15) is 12.8 Å². The Morgan fingerprint density at radius 1 is 1.43 bits per heavy atom. The van der Waals surface area contributed by atoms with E-state index < -0.39 is 23.7 Å². The summed E-state index contributed by atoms with van der Waals surface area (Å²) in [7, 11) is 0. The van der Waals surface area contributed by atoms with Crippen LogP contribution in [0.25, 0.3) is 0 Å². The zero-order valence-corrected chi connectivity index (χ0v) is 12.2. The molecule has 2 amide bonds. The highest BCUT2D eigenvalue weighted by Gasteiger charge is 2.56. The van der Waals surface area contributed by atoms with Crippen LogP contribution < -0.4 is 5.32 Å². The van der Waals surface area contributed by atoms with E-state index in [0.29, 0.717) is 25.9 Å². The molecular formula is C13H17F3N4O3. The van der Waals surface area contributed by atoms with Crippen molar-refractivity contribution in [1.29, 1.82) is 0 Å². The molecule has 0 aromatic rings. The van der Waals surface area contributed by atoms with E-state index in [-0.39, 0.29) is 25.0 Å². The van der Waals surface area contributed by atoms with E-state index in [9.17, 15) is 27.9 Å². The van der Waals surface area contributed by atoms with Crippen LogP contribution in [0, 0.1) is 5.92 Å². The van der Waals surface area contributed by atoms with Gasteiger partial charge in [-0.1, -0.05) is 0 Å². The zero-order valence-electron chi connectivity index (χ0n) is 12.2. The Morgan fingerprint density at radius 2 is 2.17 bits per heavy atom. The fourth-order valence-corrected chi connectivity index (χ4v) is 3.69. The van der Waals surface area contributed by atoms with E-state index >= 15 is 0 Å². The van der Waals surface area contributed by atoms with Crippen molar-refractivity contribution < 1.29 is 27.9 Å². The van der Waals surface area contributed by atoms with Gasteiger partial charge in [0.2, 0.25) is 0 Å². The molecule has 0 saturated carbocycles. The van der Waals surface area contributed by atoms with Gasteiger partial charge in [0.1, 0.15) is 0 Å². The first kappa shape index (κ1) is 15.9. The van der Waals surface area contributed by atoms with E-state index in [4.69, 9.17) is 0 Å². The van der Waals surface area contributed by atoms with Gasteiger partial charge in [0.05, 0.1) is 31.0 Å². The third-order valence-electron chi connectivity index (χ3n) is 4.90. The average Bonchev–Trinajstić information content (AvgIpc) is 3.10. The first-order valence-corrected chi connectivity index (χ1v) is 7.34. The number of carbonyl (C=O) groups is 2. The molecule has 2 fully saturated rings. The van der Waals surface area contributed by atoms with Crippen molar-refractivity contribution in [1.82, 2.24) is 15.1 Å². The minimum atomic E-state index is -4.86. The number of hydrogen-bond acceptors (Lipinski definition) is 4. The lowest BCUT2D eigenvalue weighted by atomic mass is 9.76. The number of nitrogens with zero attached hydrogens (tertiary/aromatic N) is 3. The molecule has 2 unspecified atom stereocenters. The minimum absolute atomic E-state index is 0.0131. The van der Waals surface area contributed by atoms with Gasteiger partial charge in [-0.25, -0.2) is 4.79 Å². The summed E-state index contributed by atoms with van der Waals surface area (Å²) >= 11 is 0. The van der Waals surface area contributed by atoms with E-state index in [2.05, 4.69) is 10.3 Å². The van der Waals surface area contributed by atoms with Gasteiger partial charge < -0.3 is 20.2 Å². The summed E-state index contributed by atoms with van der Waals surface area (Å²) in [6.07, 6.45) is -3.50. The molecule has 10 heteroatoms. The number of alkyl halides is 3.